The number of oxazole rings is 1. The van der Waals surface area contributed by atoms with Crippen LogP contribution in [0.4, 0.5) is 0 Å². The molecule has 1 N–H and O–H groups in total. The van der Waals surface area contributed by atoms with Crippen LogP contribution in [0, 0.1) is 0 Å². The highest BCUT2D eigenvalue weighted by atomic mass is 16.4. The lowest BCUT2D eigenvalue weighted by Crippen LogP contribution is -2.33. The van der Waals surface area contributed by atoms with Crippen molar-refractivity contribution in [3.63, 3.8) is 0 Å². The van der Waals surface area contributed by atoms with Gasteiger partial charge in [-0.1, -0.05) is 48.9 Å². The van der Waals surface area contributed by atoms with Crippen molar-refractivity contribution >= 4 is 5.97 Å². The van der Waals surface area contributed by atoms with E-state index in [-0.39, 0.29) is 6.04 Å². The largest absolute Gasteiger partial charge is 0.478 e. The van der Waals surface area contributed by atoms with Gasteiger partial charge in [-0.2, -0.15) is 0 Å². The summed E-state index contributed by atoms with van der Waals surface area (Å²) in [6, 6.07) is 17.5. The zero-order chi connectivity index (χ0) is 19.3. The van der Waals surface area contributed by atoms with Gasteiger partial charge in [-0.3, -0.25) is 4.90 Å². The van der Waals surface area contributed by atoms with Crippen molar-refractivity contribution in [3.05, 3.63) is 89.1 Å². The van der Waals surface area contributed by atoms with E-state index in [1.807, 2.05) is 30.5 Å². The van der Waals surface area contributed by atoms with Crippen molar-refractivity contribution in [1.82, 2.24) is 9.88 Å². The SMILES string of the molecule is O=C(O)c1cccc(CN2CCCC[C@@H]2c2ncc(Cc3ccccc3)o2)c1. The van der Waals surface area contributed by atoms with Crippen LogP contribution in [0.15, 0.2) is 65.2 Å². The van der Waals surface area contributed by atoms with Crippen LogP contribution in [0.3, 0.4) is 0 Å². The van der Waals surface area contributed by atoms with Crippen LogP contribution in [0.25, 0.3) is 0 Å². The van der Waals surface area contributed by atoms with Gasteiger partial charge in [-0.15, -0.1) is 0 Å². The van der Waals surface area contributed by atoms with Crippen LogP contribution in [0.2, 0.25) is 0 Å². The summed E-state index contributed by atoms with van der Waals surface area (Å²) >= 11 is 0. The number of carboxylic acid groups (broad SMARTS) is 1. The normalized spacial score (nSPS) is 17.5. The van der Waals surface area contributed by atoms with E-state index in [1.165, 1.54) is 5.56 Å². The average Bonchev–Trinajstić information content (AvgIpc) is 3.17. The molecule has 2 aromatic carbocycles. The molecule has 1 aliphatic heterocycles. The van der Waals surface area contributed by atoms with Crippen LogP contribution in [0.5, 0.6) is 0 Å². The molecule has 1 atom stereocenters. The fourth-order valence-corrected chi connectivity index (χ4v) is 3.85. The third-order valence-electron chi connectivity index (χ3n) is 5.25. The molecule has 1 fully saturated rings. The molecule has 0 amide bonds. The van der Waals surface area contributed by atoms with Crippen molar-refractivity contribution < 1.29 is 14.3 Å². The lowest BCUT2D eigenvalue weighted by atomic mass is 10.0. The molecule has 0 bridgehead atoms. The molecule has 0 radical (unpaired) electrons. The van der Waals surface area contributed by atoms with Gasteiger partial charge in [-0.05, 0) is 42.6 Å². The van der Waals surface area contributed by atoms with E-state index in [9.17, 15) is 9.90 Å². The Bertz CT molecular complexity index is 936. The van der Waals surface area contributed by atoms with Crippen molar-refractivity contribution in [1.29, 1.82) is 0 Å². The maximum Gasteiger partial charge on any atom is 0.335 e. The van der Waals surface area contributed by atoms with Gasteiger partial charge in [0.15, 0.2) is 0 Å². The molecule has 0 saturated carbocycles. The van der Waals surface area contributed by atoms with Crippen LogP contribution in [0.1, 0.15) is 58.4 Å². The van der Waals surface area contributed by atoms with Gasteiger partial charge in [-0.25, -0.2) is 9.78 Å². The van der Waals surface area contributed by atoms with Crippen LogP contribution >= 0.6 is 0 Å². The lowest BCUT2D eigenvalue weighted by Gasteiger charge is -2.33. The first kappa shape index (κ1) is 18.4. The molecule has 5 nitrogen and oxygen atoms in total. The molecule has 0 aliphatic carbocycles. The van der Waals surface area contributed by atoms with Gasteiger partial charge in [0, 0.05) is 13.0 Å². The monoisotopic (exact) mass is 376 g/mol. The second-order valence-corrected chi connectivity index (χ2v) is 7.31. The van der Waals surface area contributed by atoms with Gasteiger partial charge < -0.3 is 9.52 Å². The van der Waals surface area contributed by atoms with Gasteiger partial charge in [0.1, 0.15) is 5.76 Å². The molecule has 0 unspecified atom stereocenters. The number of rotatable bonds is 6. The van der Waals surface area contributed by atoms with E-state index in [2.05, 4.69) is 22.0 Å². The third kappa shape index (κ3) is 4.31. The Morgan fingerprint density at radius 3 is 2.75 bits per heavy atom. The van der Waals surface area contributed by atoms with Crippen LogP contribution in [-0.2, 0) is 13.0 Å². The van der Waals surface area contributed by atoms with Crippen LogP contribution in [-0.4, -0.2) is 27.5 Å². The van der Waals surface area contributed by atoms with E-state index < -0.39 is 5.97 Å². The van der Waals surface area contributed by atoms with E-state index in [4.69, 9.17) is 4.42 Å². The van der Waals surface area contributed by atoms with Gasteiger partial charge >= 0.3 is 5.97 Å². The fraction of sp³-hybridized carbons (Fsp3) is 0.304. The van der Waals surface area contributed by atoms with E-state index in [0.717, 1.165) is 49.4 Å². The number of aromatic nitrogens is 1. The Hall–Kier alpha value is -2.92. The zero-order valence-corrected chi connectivity index (χ0v) is 15.8. The number of piperidine rings is 1. The first-order valence-corrected chi connectivity index (χ1v) is 9.74. The molecule has 1 aliphatic rings. The fourth-order valence-electron chi connectivity index (χ4n) is 3.85. The maximum absolute atomic E-state index is 11.2. The Labute approximate surface area is 164 Å². The first-order valence-electron chi connectivity index (χ1n) is 9.74. The topological polar surface area (TPSA) is 66.6 Å². The van der Waals surface area contributed by atoms with Crippen molar-refractivity contribution in [2.75, 3.05) is 6.54 Å². The number of hydrogen-bond donors (Lipinski definition) is 1. The van der Waals surface area contributed by atoms with Crippen LogP contribution < -0.4 is 0 Å². The standard InChI is InChI=1S/C23H24N2O3/c26-23(27)19-10-6-9-18(13-19)16-25-12-5-4-11-21(25)22-24-15-20(28-22)14-17-7-2-1-3-8-17/h1-3,6-10,13,15,21H,4-5,11-12,14,16H2,(H,26,27)/t21-/m1/s1. The number of carboxylic acids is 1. The van der Waals surface area contributed by atoms with Crippen molar-refractivity contribution in [3.8, 4) is 0 Å². The Morgan fingerprint density at radius 2 is 1.93 bits per heavy atom. The third-order valence-corrected chi connectivity index (χ3v) is 5.25. The predicted molar refractivity (Wildman–Crippen MR) is 106 cm³/mol. The molecular weight excluding hydrogens is 352 g/mol. The minimum atomic E-state index is -0.893. The molecule has 1 aromatic heterocycles. The Kier molecular flexibility index (Phi) is 5.53. The quantitative estimate of drug-likeness (QED) is 0.676. The maximum atomic E-state index is 11.2. The summed E-state index contributed by atoms with van der Waals surface area (Å²) in [6.07, 6.45) is 5.85. The molecule has 1 saturated heterocycles. The molecular formula is C23H24N2O3. The summed E-state index contributed by atoms with van der Waals surface area (Å²) in [5.74, 6) is 0.745. The number of carbonyl (C=O) groups is 1. The first-order chi connectivity index (χ1) is 13.7. The number of aromatic carboxylic acids is 1. The predicted octanol–water partition coefficient (Wildman–Crippen LogP) is 4.69. The molecule has 144 valence electrons. The highest BCUT2D eigenvalue weighted by Crippen LogP contribution is 2.32. The lowest BCUT2D eigenvalue weighted by molar-refractivity contribution is 0.0696. The molecule has 28 heavy (non-hydrogen) atoms. The molecule has 2 heterocycles. The highest BCUT2D eigenvalue weighted by Gasteiger charge is 2.28. The van der Waals surface area contributed by atoms with Gasteiger partial charge in [0.05, 0.1) is 17.8 Å². The number of likely N-dealkylation sites (tertiary alicyclic amines) is 1. The summed E-state index contributed by atoms with van der Waals surface area (Å²) in [4.78, 5) is 18.2. The van der Waals surface area contributed by atoms with Crippen molar-refractivity contribution in [2.45, 2.75) is 38.3 Å². The zero-order valence-electron chi connectivity index (χ0n) is 15.8. The van der Waals surface area contributed by atoms with E-state index in [0.29, 0.717) is 12.1 Å². The second kappa shape index (κ2) is 8.40. The molecule has 0 spiro atoms. The minimum absolute atomic E-state index is 0.131. The summed E-state index contributed by atoms with van der Waals surface area (Å²) in [6.45, 7) is 1.65. The van der Waals surface area contributed by atoms with Gasteiger partial charge in [0.25, 0.3) is 0 Å². The number of hydrogen-bond acceptors (Lipinski definition) is 4. The minimum Gasteiger partial charge on any atom is -0.478 e. The molecule has 5 heteroatoms. The summed E-state index contributed by atoms with van der Waals surface area (Å²) in [5, 5.41) is 9.23. The highest BCUT2D eigenvalue weighted by molar-refractivity contribution is 5.87. The van der Waals surface area contributed by atoms with Gasteiger partial charge in [0.2, 0.25) is 5.89 Å². The summed E-state index contributed by atoms with van der Waals surface area (Å²) < 4.78 is 6.11. The second-order valence-electron chi connectivity index (χ2n) is 7.31. The van der Waals surface area contributed by atoms with E-state index in [1.54, 1.807) is 18.2 Å². The summed E-state index contributed by atoms with van der Waals surface area (Å²) in [5.41, 5.74) is 2.53. The van der Waals surface area contributed by atoms with E-state index >= 15 is 0 Å². The smallest absolute Gasteiger partial charge is 0.335 e. The number of benzene rings is 2. The average molecular weight is 376 g/mol. The number of nitrogens with zero attached hydrogens (tertiary/aromatic N) is 2. The molecule has 4 rings (SSSR count). The molecule has 3 aromatic rings. The Morgan fingerprint density at radius 1 is 1.11 bits per heavy atom. The van der Waals surface area contributed by atoms with Crippen molar-refractivity contribution in [2.24, 2.45) is 0 Å². The summed E-state index contributed by atoms with van der Waals surface area (Å²) in [7, 11) is 0. The Balaban J connectivity index is 1.50.